The van der Waals surface area contributed by atoms with Gasteiger partial charge in [0.2, 0.25) is 5.91 Å². The first-order valence-electron chi connectivity index (χ1n) is 8.91. The van der Waals surface area contributed by atoms with E-state index in [0.717, 1.165) is 12.3 Å². The van der Waals surface area contributed by atoms with Gasteiger partial charge in [-0.3, -0.25) is 9.69 Å². The maximum Gasteiger partial charge on any atom is 0.417 e. The van der Waals surface area contributed by atoms with Crippen LogP contribution >= 0.6 is 0 Å². The molecule has 1 amide bonds. The molecular weight excluding hydrogens is 345 g/mol. The summed E-state index contributed by atoms with van der Waals surface area (Å²) in [6, 6.07) is 2.77. The Kier molecular flexibility index (Phi) is 6.49. The molecule has 0 spiro atoms. The molecule has 0 N–H and O–H groups in total. The number of hydrogen-bond donors (Lipinski definition) is 0. The van der Waals surface area contributed by atoms with E-state index in [0.29, 0.717) is 38.5 Å². The van der Waals surface area contributed by atoms with Crippen molar-refractivity contribution in [3.05, 3.63) is 23.9 Å². The lowest BCUT2D eigenvalue weighted by Crippen LogP contribution is -2.52. The predicted octanol–water partition coefficient (Wildman–Crippen LogP) is 2.87. The van der Waals surface area contributed by atoms with Crippen molar-refractivity contribution >= 4 is 11.7 Å². The van der Waals surface area contributed by atoms with Crippen LogP contribution in [0, 0.1) is 0 Å². The average Bonchev–Trinajstić information content (AvgIpc) is 2.54. The highest BCUT2D eigenvalue weighted by atomic mass is 19.4. The zero-order valence-corrected chi connectivity index (χ0v) is 15.8. The van der Waals surface area contributed by atoms with E-state index in [2.05, 4.69) is 9.88 Å². The maximum atomic E-state index is 12.6. The second-order valence-corrected chi connectivity index (χ2v) is 7.15. The smallest absolute Gasteiger partial charge is 0.354 e. The Morgan fingerprint density at radius 2 is 1.69 bits per heavy atom. The number of hydrogen-bond acceptors (Lipinski definition) is 4. The molecule has 146 valence electrons. The number of amides is 1. The molecule has 0 atom stereocenters. The number of carbonyl (C=O) groups is 1. The van der Waals surface area contributed by atoms with Crippen LogP contribution in [0.1, 0.15) is 33.3 Å². The van der Waals surface area contributed by atoms with E-state index < -0.39 is 11.7 Å². The number of aromatic nitrogens is 1. The predicted molar refractivity (Wildman–Crippen MR) is 95.0 cm³/mol. The molecule has 0 unspecified atom stereocenters. The quantitative estimate of drug-likeness (QED) is 0.797. The highest BCUT2D eigenvalue weighted by molar-refractivity contribution is 5.78. The van der Waals surface area contributed by atoms with Gasteiger partial charge in [0, 0.05) is 44.5 Å². The third-order valence-corrected chi connectivity index (χ3v) is 4.53. The highest BCUT2D eigenvalue weighted by Crippen LogP contribution is 2.29. The van der Waals surface area contributed by atoms with Crippen LogP contribution in [-0.4, -0.2) is 65.5 Å². The van der Waals surface area contributed by atoms with Crippen molar-refractivity contribution in [2.75, 3.05) is 37.6 Å². The molecule has 1 aliphatic rings. The molecule has 0 bridgehead atoms. The zero-order valence-electron chi connectivity index (χ0n) is 15.8. The zero-order chi connectivity index (χ0) is 19.5. The fourth-order valence-corrected chi connectivity index (χ4v) is 3.32. The summed E-state index contributed by atoms with van der Waals surface area (Å²) in [5, 5.41) is 0. The van der Waals surface area contributed by atoms with Gasteiger partial charge in [-0.1, -0.05) is 0 Å². The molecule has 1 aromatic heterocycles. The summed E-state index contributed by atoms with van der Waals surface area (Å²) in [6.45, 7) is 11.0. The Hall–Kier alpha value is -1.83. The van der Waals surface area contributed by atoms with Crippen molar-refractivity contribution in [2.24, 2.45) is 0 Å². The van der Waals surface area contributed by atoms with E-state index in [1.807, 2.05) is 37.5 Å². The maximum absolute atomic E-state index is 12.6. The first kappa shape index (κ1) is 20.5. The van der Waals surface area contributed by atoms with Crippen LogP contribution in [0.15, 0.2) is 18.3 Å². The van der Waals surface area contributed by atoms with Crippen LogP contribution in [0.25, 0.3) is 0 Å². The first-order chi connectivity index (χ1) is 12.1. The number of piperazine rings is 1. The summed E-state index contributed by atoms with van der Waals surface area (Å²) < 4.78 is 37.9. The normalized spacial score (nSPS) is 16.4. The summed E-state index contributed by atoms with van der Waals surface area (Å²) in [5.41, 5.74) is -0.743. The molecule has 0 saturated carbocycles. The van der Waals surface area contributed by atoms with E-state index >= 15 is 0 Å². The molecule has 2 heterocycles. The summed E-state index contributed by atoms with van der Waals surface area (Å²) >= 11 is 0. The molecule has 1 aromatic rings. The van der Waals surface area contributed by atoms with Gasteiger partial charge in [-0.15, -0.1) is 0 Å². The summed E-state index contributed by atoms with van der Waals surface area (Å²) in [6.07, 6.45) is -3.50. The minimum atomic E-state index is -4.37. The van der Waals surface area contributed by atoms with E-state index in [9.17, 15) is 18.0 Å². The third-order valence-electron chi connectivity index (χ3n) is 4.53. The SMILES string of the molecule is CC(C)N(C(=O)CN1CCN(c2ccc(C(F)(F)F)cn2)CC1)C(C)C. The summed E-state index contributed by atoms with van der Waals surface area (Å²) in [4.78, 5) is 22.4. The molecule has 1 fully saturated rings. The topological polar surface area (TPSA) is 39.7 Å². The van der Waals surface area contributed by atoms with Gasteiger partial charge in [-0.2, -0.15) is 13.2 Å². The van der Waals surface area contributed by atoms with Crippen LogP contribution in [-0.2, 0) is 11.0 Å². The number of rotatable bonds is 5. The lowest BCUT2D eigenvalue weighted by atomic mass is 10.2. The van der Waals surface area contributed by atoms with Gasteiger partial charge in [0.15, 0.2) is 0 Å². The standard InChI is InChI=1S/C18H27F3N4O/c1-13(2)25(14(3)4)17(26)12-23-7-9-24(10-8-23)16-6-5-15(11-22-16)18(19,20)21/h5-6,11,13-14H,7-10,12H2,1-4H3. The molecule has 0 radical (unpaired) electrons. The fourth-order valence-electron chi connectivity index (χ4n) is 3.32. The van der Waals surface area contributed by atoms with Gasteiger partial charge < -0.3 is 9.80 Å². The Morgan fingerprint density at radius 1 is 1.12 bits per heavy atom. The minimum absolute atomic E-state index is 0.108. The Balaban J connectivity index is 1.90. The lowest BCUT2D eigenvalue weighted by molar-refractivity contribution is -0.138. The molecule has 1 saturated heterocycles. The Labute approximate surface area is 152 Å². The third kappa shape index (κ3) is 5.09. The van der Waals surface area contributed by atoms with Gasteiger partial charge >= 0.3 is 6.18 Å². The van der Waals surface area contributed by atoms with Gasteiger partial charge in [-0.25, -0.2) is 4.98 Å². The van der Waals surface area contributed by atoms with Crippen LogP contribution in [0.5, 0.6) is 0 Å². The minimum Gasteiger partial charge on any atom is -0.354 e. The van der Waals surface area contributed by atoms with Crippen LogP contribution in [0.3, 0.4) is 0 Å². The number of carbonyl (C=O) groups excluding carboxylic acids is 1. The van der Waals surface area contributed by atoms with Crippen molar-refractivity contribution in [1.29, 1.82) is 0 Å². The van der Waals surface area contributed by atoms with Crippen molar-refractivity contribution in [2.45, 2.75) is 46.0 Å². The molecule has 0 aromatic carbocycles. The lowest BCUT2D eigenvalue weighted by Gasteiger charge is -2.37. The second-order valence-electron chi connectivity index (χ2n) is 7.15. The fraction of sp³-hybridized carbons (Fsp3) is 0.667. The number of nitrogens with zero attached hydrogens (tertiary/aromatic N) is 4. The monoisotopic (exact) mass is 372 g/mol. The van der Waals surface area contributed by atoms with Crippen molar-refractivity contribution in [3.63, 3.8) is 0 Å². The van der Waals surface area contributed by atoms with E-state index in [-0.39, 0.29) is 18.0 Å². The highest BCUT2D eigenvalue weighted by Gasteiger charge is 2.31. The second kappa shape index (κ2) is 8.24. The summed E-state index contributed by atoms with van der Waals surface area (Å²) in [5.74, 6) is 0.645. The van der Waals surface area contributed by atoms with Gasteiger partial charge in [0.05, 0.1) is 12.1 Å². The van der Waals surface area contributed by atoms with Crippen LogP contribution in [0.2, 0.25) is 0 Å². The van der Waals surface area contributed by atoms with E-state index in [1.54, 1.807) is 0 Å². The van der Waals surface area contributed by atoms with Gasteiger partial charge in [0.1, 0.15) is 5.82 Å². The number of halogens is 3. The van der Waals surface area contributed by atoms with Crippen molar-refractivity contribution < 1.29 is 18.0 Å². The molecule has 26 heavy (non-hydrogen) atoms. The molecule has 1 aliphatic heterocycles. The Morgan fingerprint density at radius 3 is 2.12 bits per heavy atom. The molecule has 0 aliphatic carbocycles. The summed E-state index contributed by atoms with van der Waals surface area (Å²) in [7, 11) is 0. The van der Waals surface area contributed by atoms with Crippen molar-refractivity contribution in [1.82, 2.24) is 14.8 Å². The number of alkyl halides is 3. The van der Waals surface area contributed by atoms with Crippen LogP contribution < -0.4 is 4.90 Å². The van der Waals surface area contributed by atoms with Crippen molar-refractivity contribution in [3.8, 4) is 0 Å². The average molecular weight is 372 g/mol. The Bertz CT molecular complexity index is 585. The number of anilines is 1. The van der Waals surface area contributed by atoms with Gasteiger partial charge in [0.25, 0.3) is 0 Å². The van der Waals surface area contributed by atoms with Crippen LogP contribution in [0.4, 0.5) is 19.0 Å². The van der Waals surface area contributed by atoms with E-state index in [1.165, 1.54) is 6.07 Å². The molecular formula is C18H27F3N4O. The molecule has 5 nitrogen and oxygen atoms in total. The first-order valence-corrected chi connectivity index (χ1v) is 8.91. The largest absolute Gasteiger partial charge is 0.417 e. The molecule has 8 heteroatoms. The van der Waals surface area contributed by atoms with Gasteiger partial charge in [-0.05, 0) is 39.8 Å². The number of pyridine rings is 1. The van der Waals surface area contributed by atoms with E-state index in [4.69, 9.17) is 0 Å². The molecule has 2 rings (SSSR count).